The molecule has 0 heterocycles. The van der Waals surface area contributed by atoms with E-state index in [-0.39, 0.29) is 11.9 Å². The molecule has 1 nitrogen and oxygen atoms in total. The molecule has 0 amide bonds. The number of aryl methyl sites for hydroxylation is 1. The van der Waals surface area contributed by atoms with Gasteiger partial charge in [0.05, 0.1) is 0 Å². The molecule has 21 heavy (non-hydrogen) atoms. The minimum absolute atomic E-state index is 0.170. The van der Waals surface area contributed by atoms with E-state index < -0.39 is 0 Å². The Bertz CT molecular complexity index is 598. The molecule has 2 aromatic rings. The summed E-state index contributed by atoms with van der Waals surface area (Å²) in [4.78, 5) is 0. The van der Waals surface area contributed by atoms with Crippen molar-refractivity contribution in [2.75, 3.05) is 6.54 Å². The van der Waals surface area contributed by atoms with Crippen LogP contribution in [0.15, 0.2) is 42.5 Å². The van der Waals surface area contributed by atoms with E-state index in [1.807, 2.05) is 31.2 Å². The number of rotatable bonds is 6. The fourth-order valence-corrected chi connectivity index (χ4v) is 2.75. The maximum atomic E-state index is 13.3. The molecule has 0 saturated heterocycles. The van der Waals surface area contributed by atoms with E-state index in [9.17, 15) is 4.39 Å². The fraction of sp³-hybridized carbons (Fsp3) is 0.333. The number of benzene rings is 2. The van der Waals surface area contributed by atoms with Gasteiger partial charge in [-0.15, -0.1) is 0 Å². The Morgan fingerprint density at radius 1 is 1.19 bits per heavy atom. The molecule has 1 unspecified atom stereocenters. The number of halogens is 2. The van der Waals surface area contributed by atoms with Crippen LogP contribution < -0.4 is 5.32 Å². The summed E-state index contributed by atoms with van der Waals surface area (Å²) < 4.78 is 13.3. The molecule has 3 heteroatoms. The average molecular weight is 306 g/mol. The topological polar surface area (TPSA) is 12.0 Å². The average Bonchev–Trinajstić information content (AvgIpc) is 2.44. The lowest BCUT2D eigenvalue weighted by atomic mass is 9.95. The van der Waals surface area contributed by atoms with E-state index in [1.54, 1.807) is 6.07 Å². The molecule has 0 aliphatic rings. The van der Waals surface area contributed by atoms with Crippen molar-refractivity contribution >= 4 is 11.6 Å². The van der Waals surface area contributed by atoms with Crippen molar-refractivity contribution < 1.29 is 4.39 Å². The van der Waals surface area contributed by atoms with Crippen molar-refractivity contribution in [3.63, 3.8) is 0 Å². The van der Waals surface area contributed by atoms with E-state index in [1.165, 1.54) is 11.6 Å². The molecule has 0 aliphatic carbocycles. The molecule has 0 aliphatic heterocycles. The summed E-state index contributed by atoms with van der Waals surface area (Å²) in [6.45, 7) is 5.03. The summed E-state index contributed by atoms with van der Waals surface area (Å²) in [6.07, 6.45) is 1.90. The van der Waals surface area contributed by atoms with Crippen LogP contribution in [0.25, 0.3) is 0 Å². The van der Waals surface area contributed by atoms with Crippen LogP contribution >= 0.6 is 11.6 Å². The molecule has 1 N–H and O–H groups in total. The molecule has 0 radical (unpaired) electrons. The van der Waals surface area contributed by atoms with Gasteiger partial charge in [0.2, 0.25) is 0 Å². The predicted molar refractivity (Wildman–Crippen MR) is 87.3 cm³/mol. The molecule has 1 atom stereocenters. The van der Waals surface area contributed by atoms with Gasteiger partial charge in [-0.3, -0.25) is 0 Å². The third-order valence-corrected chi connectivity index (χ3v) is 3.81. The Labute approximate surface area is 131 Å². The summed E-state index contributed by atoms with van der Waals surface area (Å²) in [5, 5.41) is 4.30. The summed E-state index contributed by atoms with van der Waals surface area (Å²) in [6, 6.07) is 13.1. The minimum Gasteiger partial charge on any atom is -0.310 e. The van der Waals surface area contributed by atoms with Gasteiger partial charge < -0.3 is 5.32 Å². The van der Waals surface area contributed by atoms with Gasteiger partial charge in [0, 0.05) is 11.1 Å². The van der Waals surface area contributed by atoms with Gasteiger partial charge >= 0.3 is 0 Å². The highest BCUT2D eigenvalue weighted by atomic mass is 35.5. The molecule has 2 aromatic carbocycles. The second kappa shape index (κ2) is 7.58. The lowest BCUT2D eigenvalue weighted by molar-refractivity contribution is 0.525. The zero-order valence-electron chi connectivity index (χ0n) is 12.5. The van der Waals surface area contributed by atoms with Crippen LogP contribution in [0, 0.1) is 12.7 Å². The zero-order valence-corrected chi connectivity index (χ0v) is 13.3. The summed E-state index contributed by atoms with van der Waals surface area (Å²) in [5.74, 6) is -0.187. The Kier molecular flexibility index (Phi) is 5.77. The Morgan fingerprint density at radius 2 is 2.00 bits per heavy atom. The number of hydrogen-bond acceptors (Lipinski definition) is 1. The van der Waals surface area contributed by atoms with Gasteiger partial charge in [0.15, 0.2) is 0 Å². The van der Waals surface area contributed by atoms with Crippen LogP contribution in [0.1, 0.15) is 36.1 Å². The first-order valence-electron chi connectivity index (χ1n) is 7.34. The Balaban J connectivity index is 2.25. The van der Waals surface area contributed by atoms with Crippen molar-refractivity contribution in [3.05, 3.63) is 70.0 Å². The van der Waals surface area contributed by atoms with E-state index in [0.29, 0.717) is 0 Å². The van der Waals surface area contributed by atoms with Crippen molar-refractivity contribution in [2.45, 2.75) is 32.7 Å². The molecule has 0 aromatic heterocycles. The zero-order chi connectivity index (χ0) is 15.2. The van der Waals surface area contributed by atoms with Crippen molar-refractivity contribution in [1.29, 1.82) is 0 Å². The van der Waals surface area contributed by atoms with E-state index >= 15 is 0 Å². The van der Waals surface area contributed by atoms with Crippen LogP contribution in [-0.2, 0) is 6.42 Å². The largest absolute Gasteiger partial charge is 0.310 e. The van der Waals surface area contributed by atoms with Crippen molar-refractivity contribution in [2.24, 2.45) is 0 Å². The van der Waals surface area contributed by atoms with Crippen molar-refractivity contribution in [3.8, 4) is 0 Å². The third-order valence-electron chi connectivity index (χ3n) is 3.58. The molecule has 0 fully saturated rings. The SMILES string of the molecule is CCCNC(Cc1cccc(Cl)c1)c1ccc(F)cc1C. The smallest absolute Gasteiger partial charge is 0.123 e. The van der Waals surface area contributed by atoms with Crippen LogP contribution in [0.4, 0.5) is 4.39 Å². The second-order valence-electron chi connectivity index (χ2n) is 5.34. The molecular formula is C18H21ClFN. The maximum absolute atomic E-state index is 13.3. The van der Waals surface area contributed by atoms with Gasteiger partial charge in [-0.1, -0.05) is 36.7 Å². The molecule has 2 rings (SSSR count). The lowest BCUT2D eigenvalue weighted by Gasteiger charge is -2.21. The van der Waals surface area contributed by atoms with Crippen LogP contribution in [0.3, 0.4) is 0 Å². The molecule has 0 bridgehead atoms. The Hall–Kier alpha value is -1.38. The first-order valence-corrected chi connectivity index (χ1v) is 7.72. The van der Waals surface area contributed by atoms with E-state index in [4.69, 9.17) is 11.6 Å². The monoisotopic (exact) mass is 305 g/mol. The van der Waals surface area contributed by atoms with Crippen LogP contribution in [0.2, 0.25) is 5.02 Å². The highest BCUT2D eigenvalue weighted by molar-refractivity contribution is 6.30. The molecule has 0 spiro atoms. The normalized spacial score (nSPS) is 12.4. The quantitative estimate of drug-likeness (QED) is 0.785. The molecular weight excluding hydrogens is 285 g/mol. The van der Waals surface area contributed by atoms with Gasteiger partial charge in [-0.25, -0.2) is 4.39 Å². The van der Waals surface area contributed by atoms with Gasteiger partial charge in [0.1, 0.15) is 5.82 Å². The van der Waals surface area contributed by atoms with E-state index in [2.05, 4.69) is 18.3 Å². The minimum atomic E-state index is -0.187. The fourth-order valence-electron chi connectivity index (χ4n) is 2.54. The molecule has 0 saturated carbocycles. The summed E-state index contributed by atoms with van der Waals surface area (Å²) in [5.41, 5.74) is 3.30. The number of hydrogen-bond donors (Lipinski definition) is 1. The third kappa shape index (κ3) is 4.55. The second-order valence-corrected chi connectivity index (χ2v) is 5.78. The van der Waals surface area contributed by atoms with Gasteiger partial charge in [-0.05, 0) is 67.3 Å². The first kappa shape index (κ1) is 16.0. The van der Waals surface area contributed by atoms with E-state index in [0.717, 1.165) is 35.5 Å². The predicted octanol–water partition coefficient (Wildman–Crippen LogP) is 5.07. The summed E-state index contributed by atoms with van der Waals surface area (Å²) >= 11 is 6.06. The highest BCUT2D eigenvalue weighted by Crippen LogP contribution is 2.24. The standard InChI is InChI=1S/C18H21ClFN/c1-3-9-21-18(12-14-5-4-6-15(19)11-14)17-8-7-16(20)10-13(17)2/h4-8,10-11,18,21H,3,9,12H2,1-2H3. The Morgan fingerprint density at radius 3 is 2.67 bits per heavy atom. The van der Waals surface area contributed by atoms with Crippen LogP contribution in [-0.4, -0.2) is 6.54 Å². The first-order chi connectivity index (χ1) is 10.1. The van der Waals surface area contributed by atoms with Crippen LogP contribution in [0.5, 0.6) is 0 Å². The highest BCUT2D eigenvalue weighted by Gasteiger charge is 2.14. The number of nitrogens with one attached hydrogen (secondary N) is 1. The lowest BCUT2D eigenvalue weighted by Crippen LogP contribution is -2.24. The maximum Gasteiger partial charge on any atom is 0.123 e. The van der Waals surface area contributed by atoms with Gasteiger partial charge in [0.25, 0.3) is 0 Å². The van der Waals surface area contributed by atoms with Crippen molar-refractivity contribution in [1.82, 2.24) is 5.32 Å². The molecule has 112 valence electrons. The van der Waals surface area contributed by atoms with Gasteiger partial charge in [-0.2, -0.15) is 0 Å². The summed E-state index contributed by atoms with van der Waals surface area (Å²) in [7, 11) is 0.